The van der Waals surface area contributed by atoms with Gasteiger partial charge in [0, 0.05) is 25.2 Å². The van der Waals surface area contributed by atoms with Crippen molar-refractivity contribution in [2.45, 2.75) is 59.1 Å². The topological polar surface area (TPSA) is 66.0 Å². The fourth-order valence-corrected chi connectivity index (χ4v) is 1.67. The molecule has 1 amide bonds. The summed E-state index contributed by atoms with van der Waals surface area (Å²) in [6, 6.07) is 0. The lowest BCUT2D eigenvalue weighted by Gasteiger charge is -2.20. The number of ether oxygens (including phenoxy) is 4. The third-order valence-electron chi connectivity index (χ3n) is 2.62. The predicted molar refractivity (Wildman–Crippen MR) is 90.7 cm³/mol. The van der Waals surface area contributed by atoms with Gasteiger partial charge in [0.25, 0.3) is 0 Å². The first-order chi connectivity index (χ1) is 10.8. The molecule has 1 N–H and O–H groups in total. The average molecular weight is 333 g/mol. The van der Waals surface area contributed by atoms with Gasteiger partial charge in [-0.15, -0.1) is 0 Å². The molecule has 0 aromatic heterocycles. The fraction of sp³-hybridized carbons (Fsp3) is 0.941. The maximum Gasteiger partial charge on any atom is 0.222 e. The van der Waals surface area contributed by atoms with Gasteiger partial charge in [0.2, 0.25) is 5.91 Å². The van der Waals surface area contributed by atoms with Gasteiger partial charge in [-0.25, -0.2) is 0 Å². The van der Waals surface area contributed by atoms with Crippen LogP contribution in [-0.4, -0.2) is 63.8 Å². The molecule has 138 valence electrons. The van der Waals surface area contributed by atoms with Crippen molar-refractivity contribution >= 4 is 5.91 Å². The van der Waals surface area contributed by atoms with Crippen molar-refractivity contribution in [1.29, 1.82) is 0 Å². The Labute approximate surface area is 141 Å². The Morgan fingerprint density at radius 1 is 0.870 bits per heavy atom. The van der Waals surface area contributed by atoms with E-state index in [0.29, 0.717) is 46.1 Å². The minimum absolute atomic E-state index is 0.00765. The largest absolute Gasteiger partial charge is 0.379 e. The summed E-state index contributed by atoms with van der Waals surface area (Å²) in [4.78, 5) is 11.5. The fourth-order valence-electron chi connectivity index (χ4n) is 1.67. The van der Waals surface area contributed by atoms with E-state index < -0.39 is 0 Å². The standard InChI is InChI=1S/C17H35NO5/c1-15(2)23-9-6-8-20-11-13-22-14-12-21-10-7-16(19)18-17(3,4)5/h15H,6-14H2,1-5H3,(H,18,19). The second kappa shape index (κ2) is 13.7. The second-order valence-electron chi connectivity index (χ2n) is 6.66. The predicted octanol–water partition coefficient (Wildman–Crippen LogP) is 2.16. The van der Waals surface area contributed by atoms with Crippen molar-refractivity contribution < 1.29 is 23.7 Å². The summed E-state index contributed by atoms with van der Waals surface area (Å²) in [5, 5.41) is 2.89. The van der Waals surface area contributed by atoms with E-state index in [1.165, 1.54) is 0 Å². The van der Waals surface area contributed by atoms with Crippen LogP contribution < -0.4 is 5.32 Å². The van der Waals surface area contributed by atoms with E-state index in [1.807, 2.05) is 34.6 Å². The van der Waals surface area contributed by atoms with Crippen molar-refractivity contribution in [3.8, 4) is 0 Å². The third-order valence-corrected chi connectivity index (χ3v) is 2.62. The van der Waals surface area contributed by atoms with E-state index in [0.717, 1.165) is 13.0 Å². The molecule has 0 saturated heterocycles. The van der Waals surface area contributed by atoms with Gasteiger partial charge in [-0.1, -0.05) is 0 Å². The van der Waals surface area contributed by atoms with Gasteiger partial charge < -0.3 is 24.3 Å². The molecule has 0 saturated carbocycles. The molecule has 6 heteroatoms. The molecule has 0 aliphatic heterocycles. The lowest BCUT2D eigenvalue weighted by atomic mass is 10.1. The van der Waals surface area contributed by atoms with Gasteiger partial charge in [-0.2, -0.15) is 0 Å². The van der Waals surface area contributed by atoms with Crippen molar-refractivity contribution in [2.24, 2.45) is 0 Å². The van der Waals surface area contributed by atoms with E-state index in [-0.39, 0.29) is 17.6 Å². The van der Waals surface area contributed by atoms with Crippen LogP contribution in [0.3, 0.4) is 0 Å². The first kappa shape index (κ1) is 22.3. The maximum atomic E-state index is 11.5. The molecule has 0 aromatic rings. The molecule has 23 heavy (non-hydrogen) atoms. The molecular formula is C17H35NO5. The molecule has 0 aromatic carbocycles. The Balaban J connectivity index is 3.18. The van der Waals surface area contributed by atoms with Crippen LogP contribution in [0.4, 0.5) is 0 Å². The van der Waals surface area contributed by atoms with E-state index in [9.17, 15) is 4.79 Å². The highest BCUT2D eigenvalue weighted by atomic mass is 16.5. The quantitative estimate of drug-likeness (QED) is 0.494. The second-order valence-corrected chi connectivity index (χ2v) is 6.66. The SMILES string of the molecule is CC(C)OCCCOCCOCCOCCC(=O)NC(C)(C)C. The van der Waals surface area contributed by atoms with Gasteiger partial charge >= 0.3 is 0 Å². The summed E-state index contributed by atoms with van der Waals surface area (Å²) in [5.74, 6) is 0.00765. The Kier molecular flexibility index (Phi) is 13.3. The lowest BCUT2D eigenvalue weighted by molar-refractivity contribution is -0.123. The van der Waals surface area contributed by atoms with E-state index in [4.69, 9.17) is 18.9 Å². The Bertz CT molecular complexity index is 289. The molecule has 0 radical (unpaired) electrons. The van der Waals surface area contributed by atoms with Crippen LogP contribution >= 0.6 is 0 Å². The van der Waals surface area contributed by atoms with E-state index in [2.05, 4.69) is 5.32 Å². The van der Waals surface area contributed by atoms with Crippen molar-refractivity contribution in [2.75, 3.05) is 46.2 Å². The first-order valence-electron chi connectivity index (χ1n) is 8.47. The summed E-state index contributed by atoms with van der Waals surface area (Å²) in [5.41, 5.74) is -0.193. The van der Waals surface area contributed by atoms with Crippen LogP contribution in [0.2, 0.25) is 0 Å². The maximum absolute atomic E-state index is 11.5. The minimum Gasteiger partial charge on any atom is -0.379 e. The molecule has 0 heterocycles. The molecule has 0 fully saturated rings. The summed E-state index contributed by atoms with van der Waals surface area (Å²) in [6.45, 7) is 13.9. The molecule has 0 atom stereocenters. The molecule has 0 unspecified atom stereocenters. The zero-order valence-electron chi connectivity index (χ0n) is 15.5. The normalized spacial score (nSPS) is 11.9. The summed E-state index contributed by atoms with van der Waals surface area (Å²) < 4.78 is 21.6. The highest BCUT2D eigenvalue weighted by Gasteiger charge is 2.12. The van der Waals surface area contributed by atoms with Gasteiger partial charge in [0.05, 0.1) is 39.1 Å². The van der Waals surface area contributed by atoms with Crippen molar-refractivity contribution in [3.63, 3.8) is 0 Å². The van der Waals surface area contributed by atoms with Crippen LogP contribution in [0.1, 0.15) is 47.5 Å². The van der Waals surface area contributed by atoms with Crippen LogP contribution in [-0.2, 0) is 23.7 Å². The van der Waals surface area contributed by atoms with Gasteiger partial charge in [0.1, 0.15) is 0 Å². The van der Waals surface area contributed by atoms with Crippen molar-refractivity contribution in [3.05, 3.63) is 0 Å². The molecule has 0 aliphatic carbocycles. The molecule has 0 rings (SSSR count). The molecule has 0 aliphatic rings. The number of rotatable bonds is 14. The molecule has 0 spiro atoms. The average Bonchev–Trinajstić information content (AvgIpc) is 2.41. The van der Waals surface area contributed by atoms with Crippen LogP contribution in [0.5, 0.6) is 0 Å². The van der Waals surface area contributed by atoms with E-state index >= 15 is 0 Å². The third kappa shape index (κ3) is 19.3. The highest BCUT2D eigenvalue weighted by Crippen LogP contribution is 1.99. The Morgan fingerprint density at radius 3 is 1.91 bits per heavy atom. The first-order valence-corrected chi connectivity index (χ1v) is 8.47. The molecule has 6 nitrogen and oxygen atoms in total. The van der Waals surface area contributed by atoms with Crippen LogP contribution in [0, 0.1) is 0 Å². The molecule has 0 bridgehead atoms. The lowest BCUT2D eigenvalue weighted by Crippen LogP contribution is -2.40. The number of carbonyl (C=O) groups excluding carboxylic acids is 1. The number of nitrogens with one attached hydrogen (secondary N) is 1. The summed E-state index contributed by atoms with van der Waals surface area (Å²) >= 11 is 0. The Morgan fingerprint density at radius 2 is 1.39 bits per heavy atom. The van der Waals surface area contributed by atoms with E-state index in [1.54, 1.807) is 0 Å². The molecular weight excluding hydrogens is 298 g/mol. The van der Waals surface area contributed by atoms with Crippen molar-refractivity contribution in [1.82, 2.24) is 5.32 Å². The van der Waals surface area contributed by atoms with Gasteiger partial charge in [-0.3, -0.25) is 4.79 Å². The summed E-state index contributed by atoms with van der Waals surface area (Å²) in [7, 11) is 0. The zero-order chi connectivity index (χ0) is 17.6. The summed E-state index contributed by atoms with van der Waals surface area (Å²) in [6.07, 6.45) is 1.55. The Hall–Kier alpha value is -0.690. The van der Waals surface area contributed by atoms with Gasteiger partial charge in [-0.05, 0) is 41.0 Å². The van der Waals surface area contributed by atoms with Crippen LogP contribution in [0.15, 0.2) is 0 Å². The minimum atomic E-state index is -0.193. The monoisotopic (exact) mass is 333 g/mol. The highest BCUT2D eigenvalue weighted by molar-refractivity contribution is 5.76. The number of hydrogen-bond acceptors (Lipinski definition) is 5. The zero-order valence-corrected chi connectivity index (χ0v) is 15.5. The van der Waals surface area contributed by atoms with Gasteiger partial charge in [0.15, 0.2) is 0 Å². The smallest absolute Gasteiger partial charge is 0.222 e. The number of amides is 1. The number of carbonyl (C=O) groups is 1. The van der Waals surface area contributed by atoms with Crippen LogP contribution in [0.25, 0.3) is 0 Å². The number of hydrogen-bond donors (Lipinski definition) is 1.